The molecule has 0 heterocycles. The van der Waals surface area contributed by atoms with Gasteiger partial charge in [-0.15, -0.1) is 0 Å². The number of benzene rings is 1. The van der Waals surface area contributed by atoms with Crippen molar-refractivity contribution in [3.8, 4) is 0 Å². The van der Waals surface area contributed by atoms with Gasteiger partial charge >= 0.3 is 0 Å². The first-order valence-corrected chi connectivity index (χ1v) is 8.85. The van der Waals surface area contributed by atoms with Crippen LogP contribution in [0.3, 0.4) is 0 Å². The van der Waals surface area contributed by atoms with E-state index in [0.717, 1.165) is 32.2 Å². The van der Waals surface area contributed by atoms with Crippen LogP contribution in [-0.4, -0.2) is 48.0 Å². The van der Waals surface area contributed by atoms with Crippen LogP contribution < -0.4 is 0 Å². The average molecular weight is 394 g/mol. The minimum Gasteiger partial charge on any atom is -0.397 e. The Morgan fingerprint density at radius 2 is 1.52 bits per heavy atom. The molecule has 3 nitrogen and oxygen atoms in total. The molecule has 1 aromatic carbocycles. The van der Waals surface area contributed by atoms with E-state index in [4.69, 9.17) is 28.3 Å². The minimum atomic E-state index is -0.536. The molecule has 0 amide bonds. The Balaban J connectivity index is 0. The van der Waals surface area contributed by atoms with Crippen LogP contribution in [0.25, 0.3) is 0 Å². The Labute approximate surface area is 165 Å². The van der Waals surface area contributed by atoms with E-state index >= 15 is 0 Å². The van der Waals surface area contributed by atoms with Gasteiger partial charge in [-0.3, -0.25) is 0 Å². The Hall–Kier alpha value is -0.320. The fraction of sp³-hybridized carbons (Fsp3) is 0.700. The van der Waals surface area contributed by atoms with Gasteiger partial charge in [-0.1, -0.05) is 44.1 Å². The molecule has 0 atom stereocenters. The van der Waals surface area contributed by atoms with Crippen LogP contribution in [0.15, 0.2) is 18.2 Å². The van der Waals surface area contributed by atoms with Crippen LogP contribution in [0, 0.1) is 0 Å². The van der Waals surface area contributed by atoms with Gasteiger partial charge in [0.2, 0.25) is 0 Å². The highest BCUT2D eigenvalue weighted by atomic mass is 35.5. The summed E-state index contributed by atoms with van der Waals surface area (Å²) in [6.45, 7) is 4.82. The van der Waals surface area contributed by atoms with Crippen LogP contribution in [0.4, 0.5) is 0 Å². The fourth-order valence-electron chi connectivity index (χ4n) is 3.24. The second-order valence-electron chi connectivity index (χ2n) is 6.96. The molecular formula is C20H37Cl2NO2. The predicted molar refractivity (Wildman–Crippen MR) is 112 cm³/mol. The van der Waals surface area contributed by atoms with Gasteiger partial charge in [-0.25, -0.2) is 0 Å². The summed E-state index contributed by atoms with van der Waals surface area (Å²) in [6.07, 6.45) is 3.58. The third kappa shape index (κ3) is 7.84. The number of hydrogen-bond donors (Lipinski definition) is 2. The molecule has 0 bridgehead atoms. The number of hydrogen-bond acceptors (Lipinski definition) is 3. The topological polar surface area (TPSA) is 43.7 Å². The van der Waals surface area contributed by atoms with Gasteiger partial charge < -0.3 is 15.1 Å². The van der Waals surface area contributed by atoms with E-state index in [1.54, 1.807) is 6.92 Å². The smallest absolute Gasteiger partial charge is 0.0620 e. The zero-order chi connectivity index (χ0) is 17.7. The molecule has 1 saturated carbocycles. The maximum absolute atomic E-state index is 10.2. The van der Waals surface area contributed by atoms with Crippen LogP contribution in [0.2, 0.25) is 10.0 Å². The van der Waals surface area contributed by atoms with Gasteiger partial charge in [-0.05, 0) is 71.3 Å². The molecule has 0 radical (unpaired) electrons. The molecule has 2 rings (SSSR count). The van der Waals surface area contributed by atoms with E-state index in [1.165, 1.54) is 5.56 Å². The summed E-state index contributed by atoms with van der Waals surface area (Å²) < 4.78 is 0. The van der Waals surface area contributed by atoms with E-state index in [2.05, 4.69) is 25.1 Å². The lowest BCUT2D eigenvalue weighted by atomic mass is 9.65. The summed E-state index contributed by atoms with van der Waals surface area (Å²) in [5.74, 6) is 0. The molecule has 1 fully saturated rings. The molecule has 1 aromatic rings. The number of nitrogens with zero attached hydrogens (tertiary/aromatic N) is 1. The molecule has 0 spiro atoms. The van der Waals surface area contributed by atoms with E-state index in [1.807, 2.05) is 19.1 Å². The normalized spacial score (nSPS) is 25.3. The molecule has 148 valence electrons. The lowest BCUT2D eigenvalue weighted by Gasteiger charge is -2.44. The van der Waals surface area contributed by atoms with Crippen LogP contribution in [-0.2, 0) is 5.41 Å². The van der Waals surface area contributed by atoms with Crippen molar-refractivity contribution in [3.05, 3.63) is 33.8 Å². The summed E-state index contributed by atoms with van der Waals surface area (Å²) in [7, 11) is 4.18. The Morgan fingerprint density at radius 1 is 1.04 bits per heavy atom. The molecule has 1 aliphatic carbocycles. The summed E-state index contributed by atoms with van der Waals surface area (Å²) in [6, 6.07) is 5.95. The average Bonchev–Trinajstić information content (AvgIpc) is 2.45. The molecule has 0 aliphatic heterocycles. The van der Waals surface area contributed by atoms with Gasteiger partial charge in [0.1, 0.15) is 0 Å². The third-order valence-electron chi connectivity index (χ3n) is 4.44. The van der Waals surface area contributed by atoms with Crippen molar-refractivity contribution in [1.29, 1.82) is 0 Å². The van der Waals surface area contributed by atoms with E-state index in [9.17, 15) is 5.11 Å². The van der Waals surface area contributed by atoms with Crippen LogP contribution >= 0.6 is 23.2 Å². The van der Waals surface area contributed by atoms with Crippen LogP contribution in [0.1, 0.15) is 59.9 Å². The Kier molecular flexibility index (Phi) is 12.3. The number of likely N-dealkylation sites (N-methyl/N-ethyl adjacent to an activating group) is 1. The summed E-state index contributed by atoms with van der Waals surface area (Å²) in [5.41, 5.74) is 0.752. The van der Waals surface area contributed by atoms with Crippen molar-refractivity contribution >= 4 is 23.2 Å². The van der Waals surface area contributed by atoms with Crippen molar-refractivity contribution in [2.45, 2.75) is 65.4 Å². The van der Waals surface area contributed by atoms with Crippen LogP contribution in [0.5, 0.6) is 0 Å². The SMILES string of the molecule is C.C.CCO.CN(C)CC1(c2ccc(Cl)c(Cl)c2)CCC(C)(O)CC1. The van der Waals surface area contributed by atoms with Gasteiger partial charge in [0.05, 0.1) is 15.6 Å². The molecule has 2 N–H and O–H groups in total. The van der Waals surface area contributed by atoms with Crippen molar-refractivity contribution in [2.24, 2.45) is 0 Å². The minimum absolute atomic E-state index is 0. The van der Waals surface area contributed by atoms with Gasteiger partial charge in [0.25, 0.3) is 0 Å². The first kappa shape index (κ1) is 26.9. The quantitative estimate of drug-likeness (QED) is 0.723. The molecule has 25 heavy (non-hydrogen) atoms. The predicted octanol–water partition coefficient (Wildman–Crippen LogP) is 5.39. The highest BCUT2D eigenvalue weighted by Crippen LogP contribution is 2.44. The zero-order valence-corrected chi connectivity index (χ0v) is 16.1. The zero-order valence-electron chi connectivity index (χ0n) is 14.6. The Bertz CT molecular complexity index is 494. The lowest BCUT2D eigenvalue weighted by molar-refractivity contribution is -0.00436. The fourth-order valence-corrected chi connectivity index (χ4v) is 3.53. The molecule has 0 aromatic heterocycles. The summed E-state index contributed by atoms with van der Waals surface area (Å²) >= 11 is 12.2. The molecular weight excluding hydrogens is 357 g/mol. The van der Waals surface area contributed by atoms with E-state index in [0.29, 0.717) is 10.0 Å². The van der Waals surface area contributed by atoms with Crippen molar-refractivity contribution in [3.63, 3.8) is 0 Å². The number of aliphatic hydroxyl groups excluding tert-OH is 1. The number of rotatable bonds is 3. The summed E-state index contributed by atoms with van der Waals surface area (Å²) in [4.78, 5) is 2.21. The molecule has 0 saturated heterocycles. The Morgan fingerprint density at radius 3 is 1.92 bits per heavy atom. The number of halogens is 2. The number of aliphatic hydroxyl groups is 2. The summed E-state index contributed by atoms with van der Waals surface area (Å²) in [5, 5.41) is 19.0. The van der Waals surface area contributed by atoms with E-state index in [-0.39, 0.29) is 26.9 Å². The van der Waals surface area contributed by atoms with Gasteiger partial charge in [0.15, 0.2) is 0 Å². The van der Waals surface area contributed by atoms with Gasteiger partial charge in [-0.2, -0.15) is 0 Å². The highest BCUT2D eigenvalue weighted by molar-refractivity contribution is 6.42. The monoisotopic (exact) mass is 393 g/mol. The first-order valence-electron chi connectivity index (χ1n) is 8.09. The lowest BCUT2D eigenvalue weighted by Crippen LogP contribution is -2.45. The largest absolute Gasteiger partial charge is 0.397 e. The van der Waals surface area contributed by atoms with Crippen molar-refractivity contribution < 1.29 is 10.2 Å². The highest BCUT2D eigenvalue weighted by Gasteiger charge is 2.41. The molecule has 0 unspecified atom stereocenters. The van der Waals surface area contributed by atoms with Crippen molar-refractivity contribution in [2.75, 3.05) is 27.2 Å². The molecule has 1 aliphatic rings. The first-order chi connectivity index (χ1) is 10.7. The molecule has 5 heteroatoms. The maximum atomic E-state index is 10.2. The standard InChI is InChI=1S/C16H23Cl2NO.C2H6O.2CH4/c1-15(20)6-8-16(9-7-15,11-19(2)3)12-4-5-13(17)14(18)10-12;1-2-3;;/h4-5,10,20H,6-9,11H2,1-3H3;3H,2H2,1H3;2*1H4. The third-order valence-corrected chi connectivity index (χ3v) is 5.17. The van der Waals surface area contributed by atoms with E-state index < -0.39 is 5.60 Å². The second kappa shape index (κ2) is 11.4. The second-order valence-corrected chi connectivity index (χ2v) is 7.77. The maximum Gasteiger partial charge on any atom is 0.0620 e. The van der Waals surface area contributed by atoms with Crippen molar-refractivity contribution in [1.82, 2.24) is 4.90 Å². The van der Waals surface area contributed by atoms with Gasteiger partial charge in [0, 0.05) is 18.6 Å².